The first-order chi connectivity index (χ1) is 9.92. The normalized spacial score (nSPS) is 12.8. The van der Waals surface area contributed by atoms with Gasteiger partial charge in [-0.25, -0.2) is 9.98 Å². The van der Waals surface area contributed by atoms with Gasteiger partial charge >= 0.3 is 0 Å². The third-order valence-corrected chi connectivity index (χ3v) is 3.94. The molecular formula is C18H9N2. The van der Waals surface area contributed by atoms with Gasteiger partial charge in [0.1, 0.15) is 0 Å². The third kappa shape index (κ3) is 1.14. The standard InChI is InChI=1S/C18H9N2/c1-3-7-15-11(5-1)13-9-10-14-12-6-2-4-8-16(12)20-18(14)17(13)19-15/h1-3,5-10H. The average Bonchev–Trinajstić information content (AvgIpc) is 3.05. The van der Waals surface area contributed by atoms with Gasteiger partial charge in [0.15, 0.2) is 0 Å². The lowest BCUT2D eigenvalue weighted by molar-refractivity contribution is 1.29. The zero-order chi connectivity index (χ0) is 13.1. The molecule has 20 heavy (non-hydrogen) atoms. The highest BCUT2D eigenvalue weighted by Crippen LogP contribution is 2.35. The van der Waals surface area contributed by atoms with Gasteiger partial charge in [-0.3, -0.25) is 0 Å². The van der Waals surface area contributed by atoms with Crippen LogP contribution in [-0.2, 0) is 0 Å². The molecule has 0 aliphatic carbocycles. The molecule has 0 fully saturated rings. The zero-order valence-electron chi connectivity index (χ0n) is 10.6. The van der Waals surface area contributed by atoms with Gasteiger partial charge < -0.3 is 0 Å². The Morgan fingerprint density at radius 3 is 2.20 bits per heavy atom. The maximum absolute atomic E-state index is 4.77. The highest BCUT2D eigenvalue weighted by Gasteiger charge is 2.20. The van der Waals surface area contributed by atoms with Crippen molar-refractivity contribution in [2.45, 2.75) is 0 Å². The van der Waals surface area contributed by atoms with Gasteiger partial charge in [-0.05, 0) is 18.2 Å². The molecule has 2 heteroatoms. The fourth-order valence-corrected chi connectivity index (χ4v) is 3.02. The van der Waals surface area contributed by atoms with E-state index in [2.05, 4.69) is 42.5 Å². The van der Waals surface area contributed by atoms with Crippen LogP contribution >= 0.6 is 0 Å². The molecule has 0 unspecified atom stereocenters. The molecule has 0 aromatic heterocycles. The second kappa shape index (κ2) is 3.42. The molecule has 2 aliphatic rings. The predicted molar refractivity (Wildman–Crippen MR) is 77.8 cm³/mol. The summed E-state index contributed by atoms with van der Waals surface area (Å²) in [6.45, 7) is 0. The predicted octanol–water partition coefficient (Wildman–Crippen LogP) is 3.35. The molecule has 5 rings (SSSR count). The first-order valence-corrected chi connectivity index (χ1v) is 6.62. The molecule has 1 radical (unpaired) electrons. The van der Waals surface area contributed by atoms with Crippen molar-refractivity contribution in [1.29, 1.82) is 0 Å². The molecule has 0 N–H and O–H groups in total. The van der Waals surface area contributed by atoms with Crippen LogP contribution in [0.3, 0.4) is 0 Å². The molecule has 2 aliphatic heterocycles. The summed E-state index contributed by atoms with van der Waals surface area (Å²) in [4.78, 5) is 9.51. The lowest BCUT2D eigenvalue weighted by Gasteiger charge is -2.00. The summed E-state index contributed by atoms with van der Waals surface area (Å²) in [5.74, 6) is 0. The van der Waals surface area contributed by atoms with E-state index in [0.717, 1.165) is 22.1 Å². The maximum atomic E-state index is 4.77. The molecule has 3 aromatic carbocycles. The molecule has 3 aromatic rings. The summed E-state index contributed by atoms with van der Waals surface area (Å²) in [7, 11) is 0. The Morgan fingerprint density at radius 1 is 0.650 bits per heavy atom. The van der Waals surface area contributed by atoms with E-state index in [-0.39, 0.29) is 0 Å². The van der Waals surface area contributed by atoms with Gasteiger partial charge in [-0.1, -0.05) is 42.5 Å². The van der Waals surface area contributed by atoms with E-state index in [1.807, 2.05) is 18.2 Å². The van der Waals surface area contributed by atoms with Gasteiger partial charge in [0.25, 0.3) is 0 Å². The van der Waals surface area contributed by atoms with Crippen LogP contribution in [0.5, 0.6) is 0 Å². The second-order valence-corrected chi connectivity index (χ2v) is 5.04. The van der Waals surface area contributed by atoms with Gasteiger partial charge in [-0.2, -0.15) is 0 Å². The largest absolute Gasteiger partial charge is 0.245 e. The van der Waals surface area contributed by atoms with Crippen LogP contribution in [0, 0.1) is 6.07 Å². The van der Waals surface area contributed by atoms with Gasteiger partial charge in [0.05, 0.1) is 22.1 Å². The van der Waals surface area contributed by atoms with Crippen LogP contribution in [0.15, 0.2) is 64.6 Å². The van der Waals surface area contributed by atoms with Crippen LogP contribution in [0.4, 0.5) is 11.4 Å². The van der Waals surface area contributed by atoms with E-state index >= 15 is 0 Å². The number of fused-ring (bicyclic) bond motifs is 7. The highest BCUT2D eigenvalue weighted by molar-refractivity contribution is 5.84. The molecule has 0 amide bonds. The second-order valence-electron chi connectivity index (χ2n) is 5.04. The van der Waals surface area contributed by atoms with Crippen molar-refractivity contribution in [2.75, 3.05) is 0 Å². The summed E-state index contributed by atoms with van der Waals surface area (Å²) < 4.78 is 0. The van der Waals surface area contributed by atoms with Crippen molar-refractivity contribution < 1.29 is 0 Å². The minimum Gasteiger partial charge on any atom is -0.245 e. The minimum absolute atomic E-state index is 0.988. The molecule has 0 spiro atoms. The van der Waals surface area contributed by atoms with Crippen LogP contribution in [-0.4, -0.2) is 0 Å². The van der Waals surface area contributed by atoms with Gasteiger partial charge in [0.2, 0.25) is 0 Å². The molecule has 91 valence electrons. The zero-order valence-corrected chi connectivity index (χ0v) is 10.6. The third-order valence-electron chi connectivity index (χ3n) is 3.94. The van der Waals surface area contributed by atoms with Gasteiger partial charge in [-0.15, -0.1) is 0 Å². The van der Waals surface area contributed by atoms with E-state index in [0.29, 0.717) is 0 Å². The van der Waals surface area contributed by atoms with E-state index < -0.39 is 0 Å². The minimum atomic E-state index is 0.988. The van der Waals surface area contributed by atoms with E-state index in [1.54, 1.807) is 0 Å². The molecular weight excluding hydrogens is 244 g/mol. The SMILES string of the molecule is [c]1ccc2c(c1)N=c1c-2ccc2c1=Nc1ccccc1-2. The fraction of sp³-hybridized carbons (Fsp3) is 0. The number of hydrogen-bond acceptors (Lipinski definition) is 2. The Bertz CT molecular complexity index is 918. The lowest BCUT2D eigenvalue weighted by Crippen LogP contribution is -2.25. The van der Waals surface area contributed by atoms with Crippen LogP contribution in [0.2, 0.25) is 0 Å². The summed E-state index contributed by atoms with van der Waals surface area (Å²) in [5.41, 5.74) is 6.75. The summed E-state index contributed by atoms with van der Waals surface area (Å²) in [5, 5.41) is 1.99. The van der Waals surface area contributed by atoms with E-state index in [9.17, 15) is 0 Å². The van der Waals surface area contributed by atoms with Crippen molar-refractivity contribution in [3.63, 3.8) is 0 Å². The Labute approximate surface area is 115 Å². The number of hydrogen-bond donors (Lipinski definition) is 0. The topological polar surface area (TPSA) is 24.7 Å². The Morgan fingerprint density at radius 2 is 1.35 bits per heavy atom. The number of rotatable bonds is 0. The van der Waals surface area contributed by atoms with Gasteiger partial charge in [0, 0.05) is 22.3 Å². The quantitative estimate of drug-likeness (QED) is 0.404. The molecule has 0 bridgehead atoms. The number of benzene rings is 3. The smallest absolute Gasteiger partial charge is 0.0979 e. The van der Waals surface area contributed by atoms with Crippen molar-refractivity contribution in [1.82, 2.24) is 0 Å². The van der Waals surface area contributed by atoms with Crippen molar-refractivity contribution in [3.8, 4) is 22.3 Å². The molecule has 2 heterocycles. The molecule has 2 nitrogen and oxygen atoms in total. The summed E-state index contributed by atoms with van der Waals surface area (Å²) >= 11 is 0. The fourth-order valence-electron chi connectivity index (χ4n) is 3.02. The van der Waals surface area contributed by atoms with Crippen LogP contribution < -0.4 is 10.7 Å². The maximum Gasteiger partial charge on any atom is 0.0979 e. The van der Waals surface area contributed by atoms with Crippen molar-refractivity contribution in [3.05, 3.63) is 71.4 Å². The Hall–Kier alpha value is -2.74. The average molecular weight is 253 g/mol. The lowest BCUT2D eigenvalue weighted by atomic mass is 10.0. The Kier molecular flexibility index (Phi) is 1.73. The summed E-state index contributed by atoms with van der Waals surface area (Å²) in [6, 6.07) is 21.6. The number of para-hydroxylation sites is 1. The van der Waals surface area contributed by atoms with Crippen LogP contribution in [0.1, 0.15) is 0 Å². The van der Waals surface area contributed by atoms with E-state index in [4.69, 9.17) is 9.98 Å². The van der Waals surface area contributed by atoms with Crippen molar-refractivity contribution in [2.24, 2.45) is 9.98 Å². The summed E-state index contributed by atoms with van der Waals surface area (Å²) in [6.07, 6.45) is 0. The van der Waals surface area contributed by atoms with Crippen molar-refractivity contribution >= 4 is 11.4 Å². The molecule has 0 saturated heterocycles. The first-order valence-electron chi connectivity index (χ1n) is 6.62. The number of nitrogens with zero attached hydrogens (tertiary/aromatic N) is 2. The molecule has 0 atom stereocenters. The monoisotopic (exact) mass is 253 g/mol. The first kappa shape index (κ1) is 10.1. The Balaban J connectivity index is 1.93. The highest BCUT2D eigenvalue weighted by atomic mass is 14.8. The van der Waals surface area contributed by atoms with Crippen LogP contribution in [0.25, 0.3) is 22.3 Å². The van der Waals surface area contributed by atoms with E-state index in [1.165, 1.54) is 22.3 Å². The molecule has 0 saturated carbocycles.